The summed E-state index contributed by atoms with van der Waals surface area (Å²) in [6.07, 6.45) is 6.65. The number of hydrogen-bond acceptors (Lipinski definition) is 4. The number of nitrogens with one attached hydrogen (secondary N) is 1. The van der Waals surface area contributed by atoms with Crippen molar-refractivity contribution in [2.45, 2.75) is 57.4 Å². The first-order chi connectivity index (χ1) is 12.1. The highest BCUT2D eigenvalue weighted by molar-refractivity contribution is 5.31. The third kappa shape index (κ3) is 4.69. The highest BCUT2D eigenvalue weighted by atomic mass is 16.5. The molecular formula is C20H29N3O2. The maximum Gasteiger partial charge on any atom is 0.0898 e. The Morgan fingerprint density at radius 2 is 2.16 bits per heavy atom. The summed E-state index contributed by atoms with van der Waals surface area (Å²) in [5.41, 5.74) is 2.67. The maximum atomic E-state index is 10.3. The van der Waals surface area contributed by atoms with Crippen LogP contribution >= 0.6 is 0 Å². The monoisotopic (exact) mass is 343 g/mol. The van der Waals surface area contributed by atoms with Gasteiger partial charge in [0.05, 0.1) is 24.9 Å². The molecule has 5 heteroatoms. The molecule has 2 aromatic rings. The standard InChI is InChI=1S/C20H29N3O2/c1-15(16(2)23-12-6-11-22-23)21-13-18(24)14-25-20-10-5-8-17-7-3-4-9-19(17)20/h3-4,6-7,9,11-12,15-16,18,20-21,24H,5,8,10,13-14H2,1-2H3/t15-,16-,18-,20+/m0/s1. The Bertz CT molecular complexity index is 644. The van der Waals surface area contributed by atoms with Crippen molar-refractivity contribution < 1.29 is 9.84 Å². The Hall–Kier alpha value is -1.69. The lowest BCUT2D eigenvalue weighted by atomic mass is 9.89. The SMILES string of the molecule is C[C@H](NC[C@H](O)CO[C@@H]1CCCc2ccccc21)[C@H](C)n1cccn1. The smallest absolute Gasteiger partial charge is 0.0898 e. The zero-order valence-electron chi connectivity index (χ0n) is 15.1. The van der Waals surface area contributed by atoms with Gasteiger partial charge in [-0.05, 0) is 50.3 Å². The second-order valence-electron chi connectivity index (χ2n) is 6.99. The van der Waals surface area contributed by atoms with Crippen molar-refractivity contribution in [1.82, 2.24) is 15.1 Å². The van der Waals surface area contributed by atoms with Crippen LogP contribution in [-0.4, -0.2) is 40.2 Å². The Kier molecular flexibility index (Phi) is 6.24. The average Bonchev–Trinajstić information content (AvgIpc) is 3.18. The molecule has 0 spiro atoms. The molecular weight excluding hydrogens is 314 g/mol. The van der Waals surface area contributed by atoms with Crippen molar-refractivity contribution >= 4 is 0 Å². The predicted octanol–water partition coefficient (Wildman–Crippen LogP) is 2.88. The van der Waals surface area contributed by atoms with E-state index in [1.807, 2.05) is 16.9 Å². The van der Waals surface area contributed by atoms with E-state index in [1.54, 1.807) is 6.20 Å². The van der Waals surface area contributed by atoms with E-state index in [2.05, 4.69) is 48.5 Å². The second kappa shape index (κ2) is 8.61. The molecule has 1 aliphatic carbocycles. The molecule has 0 aliphatic heterocycles. The van der Waals surface area contributed by atoms with Gasteiger partial charge in [0.1, 0.15) is 0 Å². The summed E-state index contributed by atoms with van der Waals surface area (Å²) in [5, 5.41) is 17.9. The van der Waals surface area contributed by atoms with Crippen LogP contribution in [0.2, 0.25) is 0 Å². The Morgan fingerprint density at radius 3 is 2.96 bits per heavy atom. The van der Waals surface area contributed by atoms with Gasteiger partial charge in [0.2, 0.25) is 0 Å². The molecule has 0 radical (unpaired) electrons. The van der Waals surface area contributed by atoms with Crippen LogP contribution in [0.3, 0.4) is 0 Å². The number of benzene rings is 1. The number of rotatable bonds is 8. The van der Waals surface area contributed by atoms with Gasteiger partial charge < -0.3 is 15.2 Å². The van der Waals surface area contributed by atoms with Crippen molar-refractivity contribution in [3.63, 3.8) is 0 Å². The van der Waals surface area contributed by atoms with Gasteiger partial charge in [0.25, 0.3) is 0 Å². The number of aliphatic hydroxyl groups is 1. The van der Waals surface area contributed by atoms with E-state index in [9.17, 15) is 5.11 Å². The first-order valence-electron chi connectivity index (χ1n) is 9.25. The zero-order valence-corrected chi connectivity index (χ0v) is 15.1. The van der Waals surface area contributed by atoms with Gasteiger partial charge >= 0.3 is 0 Å². The van der Waals surface area contributed by atoms with Gasteiger partial charge in [-0.25, -0.2) is 0 Å². The summed E-state index contributed by atoms with van der Waals surface area (Å²) in [6.45, 7) is 5.10. The van der Waals surface area contributed by atoms with Crippen molar-refractivity contribution in [3.8, 4) is 0 Å². The number of nitrogens with zero attached hydrogens (tertiary/aromatic N) is 2. The maximum absolute atomic E-state index is 10.3. The van der Waals surface area contributed by atoms with E-state index in [0.29, 0.717) is 13.2 Å². The summed E-state index contributed by atoms with van der Waals surface area (Å²) >= 11 is 0. The van der Waals surface area contributed by atoms with Crippen LogP contribution in [0.5, 0.6) is 0 Å². The molecule has 1 aliphatic rings. The summed E-state index contributed by atoms with van der Waals surface area (Å²) in [6, 6.07) is 10.9. The quantitative estimate of drug-likeness (QED) is 0.774. The Balaban J connectivity index is 1.43. The summed E-state index contributed by atoms with van der Waals surface area (Å²) in [5.74, 6) is 0. The van der Waals surface area contributed by atoms with E-state index in [0.717, 1.165) is 19.3 Å². The molecule has 2 N–H and O–H groups in total. The van der Waals surface area contributed by atoms with Crippen LogP contribution in [-0.2, 0) is 11.2 Å². The fourth-order valence-electron chi connectivity index (χ4n) is 3.41. The molecule has 136 valence electrons. The summed E-state index contributed by atoms with van der Waals surface area (Å²) in [7, 11) is 0. The molecule has 0 unspecified atom stereocenters. The molecule has 0 fully saturated rings. The van der Waals surface area contributed by atoms with E-state index in [1.165, 1.54) is 11.1 Å². The summed E-state index contributed by atoms with van der Waals surface area (Å²) < 4.78 is 7.96. The summed E-state index contributed by atoms with van der Waals surface area (Å²) in [4.78, 5) is 0. The van der Waals surface area contributed by atoms with Gasteiger partial charge in [-0.2, -0.15) is 5.10 Å². The Morgan fingerprint density at radius 1 is 1.32 bits per heavy atom. The molecule has 1 heterocycles. The molecule has 25 heavy (non-hydrogen) atoms. The molecule has 4 atom stereocenters. The van der Waals surface area contributed by atoms with Crippen LogP contribution in [0.25, 0.3) is 0 Å². The predicted molar refractivity (Wildman–Crippen MR) is 98.5 cm³/mol. The topological polar surface area (TPSA) is 59.3 Å². The minimum Gasteiger partial charge on any atom is -0.389 e. The number of aryl methyl sites for hydroxylation is 1. The number of fused-ring (bicyclic) bond motifs is 1. The zero-order chi connectivity index (χ0) is 17.6. The molecule has 1 aromatic carbocycles. The Labute approximate surface area is 150 Å². The molecule has 5 nitrogen and oxygen atoms in total. The molecule has 0 saturated carbocycles. The van der Waals surface area contributed by atoms with Gasteiger partial charge in [-0.3, -0.25) is 4.68 Å². The van der Waals surface area contributed by atoms with Crippen LogP contribution in [0.15, 0.2) is 42.7 Å². The van der Waals surface area contributed by atoms with E-state index >= 15 is 0 Å². The van der Waals surface area contributed by atoms with Crippen LogP contribution in [0.4, 0.5) is 0 Å². The second-order valence-corrected chi connectivity index (χ2v) is 6.99. The fourth-order valence-corrected chi connectivity index (χ4v) is 3.41. The first-order valence-corrected chi connectivity index (χ1v) is 9.25. The van der Waals surface area contributed by atoms with Crippen molar-refractivity contribution in [2.24, 2.45) is 0 Å². The van der Waals surface area contributed by atoms with Crippen molar-refractivity contribution in [1.29, 1.82) is 0 Å². The number of hydrogen-bond donors (Lipinski definition) is 2. The van der Waals surface area contributed by atoms with Gasteiger partial charge in [-0.1, -0.05) is 24.3 Å². The van der Waals surface area contributed by atoms with E-state index in [4.69, 9.17) is 4.74 Å². The lowest BCUT2D eigenvalue weighted by Gasteiger charge is -2.27. The molecule has 1 aromatic heterocycles. The normalized spacial score (nSPS) is 20.7. The molecule has 0 saturated heterocycles. The molecule has 3 rings (SSSR count). The van der Waals surface area contributed by atoms with Crippen LogP contribution < -0.4 is 5.32 Å². The number of aromatic nitrogens is 2. The lowest BCUT2D eigenvalue weighted by molar-refractivity contribution is -0.0176. The average molecular weight is 343 g/mol. The van der Waals surface area contributed by atoms with E-state index in [-0.39, 0.29) is 18.2 Å². The van der Waals surface area contributed by atoms with Gasteiger partial charge in [0.15, 0.2) is 0 Å². The highest BCUT2D eigenvalue weighted by Gasteiger charge is 2.21. The van der Waals surface area contributed by atoms with Crippen LogP contribution in [0, 0.1) is 0 Å². The minimum atomic E-state index is -0.513. The molecule has 0 bridgehead atoms. The van der Waals surface area contributed by atoms with Crippen molar-refractivity contribution in [3.05, 3.63) is 53.9 Å². The van der Waals surface area contributed by atoms with Gasteiger partial charge in [0, 0.05) is 25.0 Å². The third-order valence-electron chi connectivity index (χ3n) is 5.15. The minimum absolute atomic E-state index is 0.111. The lowest BCUT2D eigenvalue weighted by Crippen LogP contribution is -2.40. The first kappa shape index (κ1) is 18.1. The largest absolute Gasteiger partial charge is 0.389 e. The highest BCUT2D eigenvalue weighted by Crippen LogP contribution is 2.32. The third-order valence-corrected chi connectivity index (χ3v) is 5.15. The van der Waals surface area contributed by atoms with Crippen molar-refractivity contribution in [2.75, 3.05) is 13.2 Å². The number of ether oxygens (including phenoxy) is 1. The van der Waals surface area contributed by atoms with Crippen LogP contribution in [0.1, 0.15) is 50.0 Å². The fraction of sp³-hybridized carbons (Fsp3) is 0.550. The van der Waals surface area contributed by atoms with Gasteiger partial charge in [-0.15, -0.1) is 0 Å². The number of aliphatic hydroxyl groups excluding tert-OH is 1. The van der Waals surface area contributed by atoms with E-state index < -0.39 is 6.10 Å². The molecule has 0 amide bonds.